The van der Waals surface area contributed by atoms with Gasteiger partial charge >= 0.3 is 0 Å². The first-order valence-electron chi connectivity index (χ1n) is 8.71. The van der Waals surface area contributed by atoms with E-state index in [2.05, 4.69) is 22.9 Å². The van der Waals surface area contributed by atoms with Gasteiger partial charge in [0.25, 0.3) is 0 Å². The quantitative estimate of drug-likeness (QED) is 0.880. The summed E-state index contributed by atoms with van der Waals surface area (Å²) in [6.45, 7) is 4.20. The summed E-state index contributed by atoms with van der Waals surface area (Å²) in [7, 11) is 1.66. The van der Waals surface area contributed by atoms with Crippen LogP contribution in [0.1, 0.15) is 31.4 Å². The van der Waals surface area contributed by atoms with Gasteiger partial charge in [0, 0.05) is 24.2 Å². The highest BCUT2D eigenvalue weighted by molar-refractivity contribution is 5.83. The Morgan fingerprint density at radius 3 is 2.96 bits per heavy atom. The Morgan fingerprint density at radius 2 is 2.25 bits per heavy atom. The van der Waals surface area contributed by atoms with Crippen LogP contribution in [0, 0.1) is 5.92 Å². The molecular weight excluding hydrogens is 300 g/mol. The van der Waals surface area contributed by atoms with Gasteiger partial charge in [0.15, 0.2) is 0 Å². The van der Waals surface area contributed by atoms with Crippen LogP contribution in [-0.2, 0) is 0 Å². The number of allylic oxidation sites excluding steroid dienone is 1. The number of methoxy groups -OCH3 is 1. The predicted octanol–water partition coefficient (Wildman–Crippen LogP) is 3.32. The minimum absolute atomic E-state index is 0.184. The highest BCUT2D eigenvalue weighted by Gasteiger charge is 2.40. The van der Waals surface area contributed by atoms with Crippen molar-refractivity contribution in [2.45, 2.75) is 31.9 Å². The Bertz CT molecular complexity index is 786. The average Bonchev–Trinajstić information content (AvgIpc) is 2.66. The Morgan fingerprint density at radius 1 is 1.38 bits per heavy atom. The first kappa shape index (κ1) is 15.6. The average molecular weight is 324 g/mol. The van der Waals surface area contributed by atoms with E-state index in [0.29, 0.717) is 5.92 Å². The molecule has 0 amide bonds. The lowest BCUT2D eigenvalue weighted by atomic mass is 9.76. The van der Waals surface area contributed by atoms with Crippen LogP contribution in [0.15, 0.2) is 42.1 Å². The van der Waals surface area contributed by atoms with Gasteiger partial charge in [-0.2, -0.15) is 0 Å². The normalized spacial score (nSPS) is 29.1. The van der Waals surface area contributed by atoms with E-state index in [1.54, 1.807) is 13.3 Å². The number of fused-ring (bicyclic) bond motifs is 4. The smallest absolute Gasteiger partial charge is 0.119 e. The van der Waals surface area contributed by atoms with Crippen molar-refractivity contribution in [1.82, 2.24) is 9.88 Å². The molecule has 0 spiro atoms. The summed E-state index contributed by atoms with van der Waals surface area (Å²) in [5.74, 6) is 1.42. The largest absolute Gasteiger partial charge is 0.497 e. The molecule has 2 bridgehead atoms. The van der Waals surface area contributed by atoms with E-state index in [9.17, 15) is 5.11 Å². The van der Waals surface area contributed by atoms with Crippen molar-refractivity contribution < 1.29 is 9.84 Å². The maximum Gasteiger partial charge on any atom is 0.119 e. The van der Waals surface area contributed by atoms with Crippen molar-refractivity contribution in [2.75, 3.05) is 20.2 Å². The van der Waals surface area contributed by atoms with Gasteiger partial charge in [0.1, 0.15) is 5.75 Å². The van der Waals surface area contributed by atoms with Crippen molar-refractivity contribution in [1.29, 1.82) is 0 Å². The molecule has 3 aliphatic rings. The monoisotopic (exact) mass is 324 g/mol. The van der Waals surface area contributed by atoms with Crippen LogP contribution in [0.2, 0.25) is 0 Å². The van der Waals surface area contributed by atoms with Gasteiger partial charge in [-0.05, 0) is 62.1 Å². The minimum atomic E-state index is -0.496. The predicted molar refractivity (Wildman–Crippen MR) is 95.1 cm³/mol. The van der Waals surface area contributed by atoms with Gasteiger partial charge < -0.3 is 9.84 Å². The molecule has 24 heavy (non-hydrogen) atoms. The number of aliphatic hydroxyl groups excluding tert-OH is 1. The Labute approximate surface area is 142 Å². The summed E-state index contributed by atoms with van der Waals surface area (Å²) in [5.41, 5.74) is 3.39. The van der Waals surface area contributed by atoms with Crippen molar-refractivity contribution >= 4 is 10.9 Å². The van der Waals surface area contributed by atoms with Gasteiger partial charge in [-0.1, -0.05) is 11.6 Å². The van der Waals surface area contributed by atoms with Crippen LogP contribution in [0.4, 0.5) is 0 Å². The number of piperidine rings is 3. The molecule has 3 aliphatic heterocycles. The molecule has 1 aromatic heterocycles. The van der Waals surface area contributed by atoms with Crippen LogP contribution < -0.4 is 4.74 Å². The molecule has 4 nitrogen and oxygen atoms in total. The highest BCUT2D eigenvalue weighted by Crippen LogP contribution is 2.41. The van der Waals surface area contributed by atoms with E-state index >= 15 is 0 Å². The molecule has 0 aliphatic carbocycles. The fourth-order valence-corrected chi connectivity index (χ4v) is 4.34. The van der Waals surface area contributed by atoms with E-state index in [1.807, 2.05) is 24.3 Å². The summed E-state index contributed by atoms with van der Waals surface area (Å²) in [6.07, 6.45) is 5.80. The Balaban J connectivity index is 1.70. The first-order chi connectivity index (χ1) is 11.7. The van der Waals surface area contributed by atoms with Crippen molar-refractivity contribution in [2.24, 2.45) is 5.92 Å². The third-order valence-electron chi connectivity index (χ3n) is 5.71. The lowest BCUT2D eigenvalue weighted by molar-refractivity contribution is -0.00340. The molecule has 4 atom stereocenters. The van der Waals surface area contributed by atoms with E-state index in [1.165, 1.54) is 12.0 Å². The molecule has 2 aromatic rings. The van der Waals surface area contributed by atoms with E-state index in [0.717, 1.165) is 41.7 Å². The molecule has 0 radical (unpaired) electrons. The molecule has 1 aromatic carbocycles. The third kappa shape index (κ3) is 2.50. The lowest BCUT2D eigenvalue weighted by Gasteiger charge is -2.48. The second-order valence-electron chi connectivity index (χ2n) is 6.85. The Kier molecular flexibility index (Phi) is 4.02. The number of nitrogens with zero attached hydrogens (tertiary/aromatic N) is 2. The fourth-order valence-electron chi connectivity index (χ4n) is 4.34. The number of aliphatic hydroxyl groups is 1. The fraction of sp³-hybridized carbons (Fsp3) is 0.450. The number of pyridine rings is 1. The maximum absolute atomic E-state index is 11.2. The van der Waals surface area contributed by atoms with E-state index in [4.69, 9.17) is 4.74 Å². The van der Waals surface area contributed by atoms with Gasteiger partial charge in [-0.3, -0.25) is 9.88 Å². The molecule has 126 valence electrons. The second-order valence-corrected chi connectivity index (χ2v) is 6.85. The molecule has 3 saturated heterocycles. The van der Waals surface area contributed by atoms with Crippen LogP contribution >= 0.6 is 0 Å². The van der Waals surface area contributed by atoms with Gasteiger partial charge in [0.05, 0.1) is 18.7 Å². The molecule has 4 heteroatoms. The Hall–Kier alpha value is -1.91. The zero-order chi connectivity index (χ0) is 16.7. The SMILES string of the molecule is C/C=C1\CN2CC[C@@H]1C[C@H]2[C@H](O)c1ccnc2ccc(OC)cc12. The molecular formula is C20H24N2O2. The highest BCUT2D eigenvalue weighted by atomic mass is 16.5. The molecule has 1 unspecified atom stereocenters. The zero-order valence-corrected chi connectivity index (χ0v) is 14.3. The molecule has 5 rings (SSSR count). The lowest BCUT2D eigenvalue weighted by Crippen LogP contribution is -2.52. The number of rotatable bonds is 3. The summed E-state index contributed by atoms with van der Waals surface area (Å²) in [6, 6.07) is 7.98. The number of benzene rings is 1. The summed E-state index contributed by atoms with van der Waals surface area (Å²) in [5, 5.41) is 12.1. The molecule has 3 fully saturated rings. The second kappa shape index (κ2) is 6.19. The van der Waals surface area contributed by atoms with Gasteiger partial charge in [0.2, 0.25) is 0 Å². The van der Waals surface area contributed by atoms with E-state index < -0.39 is 6.10 Å². The van der Waals surface area contributed by atoms with Crippen LogP contribution in [0.25, 0.3) is 10.9 Å². The zero-order valence-electron chi connectivity index (χ0n) is 14.3. The van der Waals surface area contributed by atoms with Gasteiger partial charge in [-0.25, -0.2) is 0 Å². The molecule has 4 heterocycles. The number of ether oxygens (including phenoxy) is 1. The maximum atomic E-state index is 11.2. The first-order valence-corrected chi connectivity index (χ1v) is 8.71. The standard InChI is InChI=1S/C20H24N2O2/c1-3-13-12-22-9-7-14(13)10-19(22)20(23)16-6-8-21-18-5-4-15(24-2)11-17(16)18/h3-6,8,11,14,19-20,23H,7,9-10,12H2,1-2H3/b13-3+/t14-,19+,20-/m1/s1. The minimum Gasteiger partial charge on any atom is -0.497 e. The van der Waals surface area contributed by atoms with Crippen LogP contribution in [0.5, 0.6) is 5.75 Å². The summed E-state index contributed by atoms with van der Waals surface area (Å²) in [4.78, 5) is 6.87. The van der Waals surface area contributed by atoms with Gasteiger partial charge in [-0.15, -0.1) is 0 Å². The summed E-state index contributed by atoms with van der Waals surface area (Å²) >= 11 is 0. The van der Waals surface area contributed by atoms with Crippen LogP contribution in [-0.4, -0.2) is 41.2 Å². The molecule has 1 N–H and O–H groups in total. The topological polar surface area (TPSA) is 45.6 Å². The van der Waals surface area contributed by atoms with Crippen molar-refractivity contribution in [3.8, 4) is 5.75 Å². The van der Waals surface area contributed by atoms with Crippen LogP contribution in [0.3, 0.4) is 0 Å². The number of hydrogen-bond donors (Lipinski definition) is 1. The van der Waals surface area contributed by atoms with Crippen molar-refractivity contribution in [3.63, 3.8) is 0 Å². The molecule has 0 saturated carbocycles. The third-order valence-corrected chi connectivity index (χ3v) is 5.71. The number of hydrogen-bond acceptors (Lipinski definition) is 4. The van der Waals surface area contributed by atoms with E-state index in [-0.39, 0.29) is 6.04 Å². The number of aromatic nitrogens is 1. The summed E-state index contributed by atoms with van der Waals surface area (Å²) < 4.78 is 5.35. The van der Waals surface area contributed by atoms with Crippen molar-refractivity contribution in [3.05, 3.63) is 47.7 Å².